The molecule has 0 bridgehead atoms. The van der Waals surface area contributed by atoms with Crippen molar-refractivity contribution in [1.29, 1.82) is 0 Å². The molecule has 8 heteroatoms. The van der Waals surface area contributed by atoms with Crippen LogP contribution >= 0.6 is 0 Å². The van der Waals surface area contributed by atoms with Gasteiger partial charge in [-0.2, -0.15) is 0 Å². The average molecular weight is 445 g/mol. The number of rotatable bonds is 7. The van der Waals surface area contributed by atoms with Crippen LogP contribution in [0.5, 0.6) is 0 Å². The van der Waals surface area contributed by atoms with Crippen molar-refractivity contribution in [3.8, 4) is 0 Å². The maximum Gasteiger partial charge on any atom is 0.309 e. The number of aromatic nitrogens is 1. The van der Waals surface area contributed by atoms with E-state index >= 15 is 0 Å². The number of nitrogens with two attached hydrogens (primary N) is 1. The first kappa shape index (κ1) is 23.8. The fourth-order valence-corrected chi connectivity index (χ4v) is 3.92. The molecule has 3 rings (SSSR count). The molecule has 0 spiro atoms. The van der Waals surface area contributed by atoms with Gasteiger partial charge in [0.1, 0.15) is 5.82 Å². The molecule has 0 radical (unpaired) electrons. The number of halogens is 2. The molecule has 0 unspecified atom stereocenters. The number of carbonyl (C=O) groups is 1. The van der Waals surface area contributed by atoms with Gasteiger partial charge >= 0.3 is 5.97 Å². The third-order valence-electron chi connectivity index (χ3n) is 5.80. The van der Waals surface area contributed by atoms with Crippen LogP contribution in [0.25, 0.3) is 0 Å². The third kappa shape index (κ3) is 5.29. The highest BCUT2D eigenvalue weighted by molar-refractivity contribution is 6.02. The van der Waals surface area contributed by atoms with Gasteiger partial charge in [-0.15, -0.1) is 0 Å². The molecular weight excluding hydrogens is 414 g/mol. The number of nitrogen functional groups attached to an aromatic ring is 1. The maximum atomic E-state index is 14.9. The van der Waals surface area contributed by atoms with Crippen LogP contribution < -0.4 is 5.73 Å². The first-order valence-electron chi connectivity index (χ1n) is 11.0. The van der Waals surface area contributed by atoms with Crippen molar-refractivity contribution in [2.45, 2.75) is 51.9 Å². The summed E-state index contributed by atoms with van der Waals surface area (Å²) < 4.78 is 34.9. The van der Waals surface area contributed by atoms with E-state index in [0.717, 1.165) is 11.3 Å². The van der Waals surface area contributed by atoms with Crippen molar-refractivity contribution in [2.24, 2.45) is 21.8 Å². The van der Waals surface area contributed by atoms with Crippen LogP contribution in [-0.2, 0) is 9.53 Å². The lowest BCUT2D eigenvalue weighted by molar-refractivity contribution is -0.144. The van der Waals surface area contributed by atoms with E-state index in [1.807, 2.05) is 6.07 Å². The number of allylic oxidation sites excluding steroid dienone is 3. The summed E-state index contributed by atoms with van der Waals surface area (Å²) in [6.45, 7) is 3.47. The molecule has 1 aliphatic carbocycles. The highest BCUT2D eigenvalue weighted by Gasteiger charge is 2.50. The van der Waals surface area contributed by atoms with Crippen LogP contribution in [0.3, 0.4) is 0 Å². The lowest BCUT2D eigenvalue weighted by Crippen LogP contribution is -2.21. The Morgan fingerprint density at radius 2 is 2.19 bits per heavy atom. The van der Waals surface area contributed by atoms with Gasteiger partial charge < -0.3 is 10.5 Å². The maximum absolute atomic E-state index is 14.9. The molecule has 1 aromatic rings. The summed E-state index contributed by atoms with van der Waals surface area (Å²) in [5.74, 6) is -3.68. The zero-order valence-electron chi connectivity index (χ0n) is 18.8. The van der Waals surface area contributed by atoms with Crippen molar-refractivity contribution in [1.82, 2.24) is 4.98 Å². The van der Waals surface area contributed by atoms with Crippen LogP contribution in [0.1, 0.15) is 57.1 Å². The predicted molar refractivity (Wildman–Crippen MR) is 122 cm³/mol. The number of hydrogen-bond donors (Lipinski definition) is 1. The monoisotopic (exact) mass is 444 g/mol. The first-order valence-corrected chi connectivity index (χ1v) is 11.0. The lowest BCUT2D eigenvalue weighted by Gasteiger charge is -2.21. The Labute approximate surface area is 187 Å². The molecule has 6 nitrogen and oxygen atoms in total. The van der Waals surface area contributed by atoms with Gasteiger partial charge in [0, 0.05) is 60.4 Å². The molecular formula is C24H30F2N4O2. The quantitative estimate of drug-likeness (QED) is 0.486. The van der Waals surface area contributed by atoms with Gasteiger partial charge in [0.05, 0.1) is 12.5 Å². The summed E-state index contributed by atoms with van der Waals surface area (Å²) >= 11 is 0. The third-order valence-corrected chi connectivity index (χ3v) is 5.80. The van der Waals surface area contributed by atoms with Gasteiger partial charge in [0.2, 0.25) is 0 Å². The van der Waals surface area contributed by atoms with Crippen molar-refractivity contribution >= 4 is 23.7 Å². The molecule has 0 saturated heterocycles. The van der Waals surface area contributed by atoms with Gasteiger partial charge in [0.25, 0.3) is 5.92 Å². The summed E-state index contributed by atoms with van der Waals surface area (Å²) in [5.41, 5.74) is 8.51. The van der Waals surface area contributed by atoms with Crippen LogP contribution in [-0.4, -0.2) is 42.5 Å². The molecule has 2 atom stereocenters. The van der Waals surface area contributed by atoms with Gasteiger partial charge in [-0.1, -0.05) is 13.0 Å². The van der Waals surface area contributed by atoms with E-state index in [4.69, 9.17) is 10.5 Å². The molecule has 1 aromatic heterocycles. The topological polar surface area (TPSA) is 89.9 Å². The molecule has 2 heterocycles. The van der Waals surface area contributed by atoms with Crippen molar-refractivity contribution in [3.05, 3.63) is 46.8 Å². The summed E-state index contributed by atoms with van der Waals surface area (Å²) in [6, 6.07) is 1.85. The first-order chi connectivity index (χ1) is 15.3. The standard InChI is InChI=1S/C24H30F2N4O2/c1-4-24(25,26)20-8-6-7-9-21(15-10-16(12-28-3)22(27)30-13-15)29-14-19(20)17-11-18(17)23(31)32-5-2/h8,10,12-14,17-18H,4-7,9,11H2,1-3H3,(H2,27,30)/b19-14-,20-8-,28-12?,29-21?/t17-,18-/m0/s1. The summed E-state index contributed by atoms with van der Waals surface area (Å²) in [6.07, 6.45) is 8.33. The minimum absolute atomic E-state index is 0.0176. The highest BCUT2D eigenvalue weighted by atomic mass is 19.3. The average Bonchev–Trinajstić information content (AvgIpc) is 3.54. The molecule has 1 fully saturated rings. The van der Waals surface area contributed by atoms with Gasteiger partial charge in [-0.3, -0.25) is 14.8 Å². The van der Waals surface area contributed by atoms with Crippen LogP contribution in [0.15, 0.2) is 45.7 Å². The SMILES string of the molecule is CCOC(=O)[C@H]1C[C@@H]1C1=C/N=C(c2cnc(N)c(C=NC)c2)CCC\C=C\1C(F)(F)CC. The Morgan fingerprint density at radius 3 is 2.88 bits per heavy atom. The van der Waals surface area contributed by atoms with E-state index in [2.05, 4.69) is 15.0 Å². The van der Waals surface area contributed by atoms with E-state index in [1.54, 1.807) is 32.5 Å². The Balaban J connectivity index is 2.03. The molecule has 2 aliphatic rings. The minimum Gasteiger partial charge on any atom is -0.466 e. The molecule has 1 aliphatic heterocycles. The van der Waals surface area contributed by atoms with Gasteiger partial charge in [0.15, 0.2) is 0 Å². The number of aliphatic imine (C=N–C) groups is 2. The number of alkyl halides is 2. The molecule has 2 N–H and O–H groups in total. The fourth-order valence-electron chi connectivity index (χ4n) is 3.92. The van der Waals surface area contributed by atoms with E-state index in [0.29, 0.717) is 42.6 Å². The van der Waals surface area contributed by atoms with Crippen LogP contribution in [0.2, 0.25) is 0 Å². The number of esters is 1. The Kier molecular flexibility index (Phi) is 7.53. The zero-order valence-corrected chi connectivity index (χ0v) is 18.8. The van der Waals surface area contributed by atoms with Gasteiger partial charge in [-0.05, 0) is 44.2 Å². The zero-order chi connectivity index (χ0) is 23.3. The second kappa shape index (κ2) is 10.1. The fraction of sp³-hybridized carbons (Fsp3) is 0.500. The number of hydrogen-bond acceptors (Lipinski definition) is 6. The van der Waals surface area contributed by atoms with E-state index in [-0.39, 0.29) is 30.5 Å². The van der Waals surface area contributed by atoms with Crippen molar-refractivity contribution < 1.29 is 18.3 Å². The Morgan fingerprint density at radius 1 is 1.41 bits per heavy atom. The van der Waals surface area contributed by atoms with Crippen LogP contribution in [0, 0.1) is 11.8 Å². The normalized spacial score (nSPS) is 25.0. The summed E-state index contributed by atoms with van der Waals surface area (Å²) in [7, 11) is 1.65. The van der Waals surface area contributed by atoms with Crippen molar-refractivity contribution in [2.75, 3.05) is 19.4 Å². The summed E-state index contributed by atoms with van der Waals surface area (Å²) in [4.78, 5) is 25.1. The highest BCUT2D eigenvalue weighted by Crippen LogP contribution is 2.51. The molecule has 0 amide bonds. The largest absolute Gasteiger partial charge is 0.466 e. The number of nitrogens with zero attached hydrogens (tertiary/aromatic N) is 3. The van der Waals surface area contributed by atoms with Gasteiger partial charge in [-0.25, -0.2) is 13.8 Å². The molecule has 1 saturated carbocycles. The Hall–Kier alpha value is -2.90. The molecule has 0 aromatic carbocycles. The van der Waals surface area contributed by atoms with E-state index in [9.17, 15) is 13.6 Å². The predicted octanol–water partition coefficient (Wildman–Crippen LogP) is 4.74. The second-order valence-corrected chi connectivity index (χ2v) is 8.01. The summed E-state index contributed by atoms with van der Waals surface area (Å²) in [5, 5.41) is 0. The van der Waals surface area contributed by atoms with E-state index in [1.165, 1.54) is 13.1 Å². The smallest absolute Gasteiger partial charge is 0.309 e. The number of ether oxygens (including phenoxy) is 1. The second-order valence-electron chi connectivity index (χ2n) is 8.01. The minimum atomic E-state index is -2.98. The Bertz CT molecular complexity index is 982. The van der Waals surface area contributed by atoms with E-state index < -0.39 is 11.8 Å². The molecule has 32 heavy (non-hydrogen) atoms. The number of carbonyl (C=O) groups excluding carboxylic acids is 1. The van der Waals surface area contributed by atoms with Crippen LogP contribution in [0.4, 0.5) is 14.6 Å². The van der Waals surface area contributed by atoms with Crippen molar-refractivity contribution in [3.63, 3.8) is 0 Å². The lowest BCUT2D eigenvalue weighted by atomic mass is 9.92. The number of pyridine rings is 1. The molecule has 172 valence electrons. The number of anilines is 1.